The van der Waals surface area contributed by atoms with Crippen LogP contribution >= 0.6 is 0 Å². The minimum atomic E-state index is -1.55. The second kappa shape index (κ2) is 8.90. The lowest BCUT2D eigenvalue weighted by Crippen LogP contribution is -2.26. The minimum Gasteiger partial charge on any atom is -0.479 e. The fourth-order valence-corrected chi connectivity index (χ4v) is 4.73. The predicted octanol–water partition coefficient (Wildman–Crippen LogP) is 5.91. The Morgan fingerprint density at radius 1 is 1.20 bits per heavy atom. The molecule has 5 rings (SSSR count). The predicted molar refractivity (Wildman–Crippen MR) is 127 cm³/mol. The van der Waals surface area contributed by atoms with Gasteiger partial charge in [0.25, 0.3) is 0 Å². The number of fused-ring (bicyclic) bond motifs is 2. The van der Waals surface area contributed by atoms with Crippen LogP contribution in [0.25, 0.3) is 22.3 Å². The Hall–Kier alpha value is -3.56. The van der Waals surface area contributed by atoms with Gasteiger partial charge >= 0.3 is 0 Å². The van der Waals surface area contributed by atoms with Crippen LogP contribution in [0.15, 0.2) is 36.8 Å². The van der Waals surface area contributed by atoms with Gasteiger partial charge < -0.3 is 10.1 Å². The number of anilines is 1. The average molecular weight is 485 g/mol. The molecule has 1 N–H and O–H groups in total. The first-order valence-electron chi connectivity index (χ1n) is 11.6. The average Bonchev–Trinajstić information content (AvgIpc) is 3.40. The molecule has 4 aromatic heterocycles. The Balaban J connectivity index is 1.61. The molecule has 0 aliphatic heterocycles. The zero-order valence-corrected chi connectivity index (χ0v) is 19.9. The smallest absolute Gasteiger partial charge is 0.244 e. The minimum absolute atomic E-state index is 0.0473. The van der Waals surface area contributed by atoms with Gasteiger partial charge in [-0.25, -0.2) is 22.7 Å². The Morgan fingerprint density at radius 2 is 1.94 bits per heavy atom. The summed E-state index contributed by atoms with van der Waals surface area (Å²) in [6.07, 6.45) is 6.59. The van der Waals surface area contributed by atoms with Crippen LogP contribution in [0.3, 0.4) is 0 Å². The van der Waals surface area contributed by atoms with Gasteiger partial charge in [0.15, 0.2) is 23.5 Å². The molecule has 35 heavy (non-hydrogen) atoms. The van der Waals surface area contributed by atoms with Gasteiger partial charge in [0.2, 0.25) is 11.8 Å². The van der Waals surface area contributed by atoms with Gasteiger partial charge in [0.1, 0.15) is 5.52 Å². The maximum absolute atomic E-state index is 15.3. The third kappa shape index (κ3) is 4.11. The normalized spacial score (nSPS) is 19.3. The number of methoxy groups -OCH3 is 1. The summed E-state index contributed by atoms with van der Waals surface area (Å²) < 4.78 is 53.1. The Bertz CT molecular complexity index is 1420. The number of pyridine rings is 1. The molecule has 0 radical (unpaired) electrons. The van der Waals surface area contributed by atoms with Crippen LogP contribution in [0.1, 0.15) is 51.4 Å². The molecule has 0 spiro atoms. The third-order valence-electron chi connectivity index (χ3n) is 6.67. The molecule has 1 aliphatic rings. The zero-order chi connectivity index (χ0) is 24.9. The van der Waals surface area contributed by atoms with Crippen molar-refractivity contribution in [3.63, 3.8) is 0 Å². The van der Waals surface area contributed by atoms with Crippen LogP contribution in [0, 0.1) is 17.6 Å². The maximum atomic E-state index is 15.3. The van der Waals surface area contributed by atoms with Crippen LogP contribution in [0.5, 0.6) is 5.88 Å². The van der Waals surface area contributed by atoms with Crippen LogP contribution in [0.4, 0.5) is 19.1 Å². The summed E-state index contributed by atoms with van der Waals surface area (Å²) in [4.78, 5) is 8.44. The van der Waals surface area contributed by atoms with E-state index in [1.807, 2.05) is 0 Å². The van der Waals surface area contributed by atoms with E-state index >= 15 is 4.39 Å². The van der Waals surface area contributed by atoms with Gasteiger partial charge in [-0.2, -0.15) is 4.98 Å². The van der Waals surface area contributed by atoms with E-state index in [1.165, 1.54) is 41.5 Å². The summed E-state index contributed by atoms with van der Waals surface area (Å²) in [7, 11) is 1.43. The third-order valence-corrected chi connectivity index (χ3v) is 6.67. The lowest BCUT2D eigenvalue weighted by atomic mass is 9.87. The Kier molecular flexibility index (Phi) is 5.90. The first kappa shape index (κ1) is 23.2. The number of hydrogen-bond acceptors (Lipinski definition) is 5. The highest BCUT2D eigenvalue weighted by Gasteiger charge is 2.25. The number of imidazole rings is 1. The van der Waals surface area contributed by atoms with E-state index in [2.05, 4.69) is 33.9 Å². The molecule has 1 unspecified atom stereocenters. The van der Waals surface area contributed by atoms with Crippen molar-refractivity contribution in [2.45, 2.75) is 51.7 Å². The van der Waals surface area contributed by atoms with E-state index in [4.69, 9.17) is 4.74 Å². The molecule has 1 fully saturated rings. The maximum Gasteiger partial charge on any atom is 0.244 e. The largest absolute Gasteiger partial charge is 0.479 e. The van der Waals surface area contributed by atoms with E-state index < -0.39 is 17.8 Å². The summed E-state index contributed by atoms with van der Waals surface area (Å²) in [6, 6.07) is 1.39. The highest BCUT2D eigenvalue weighted by molar-refractivity contribution is 5.85. The topological polar surface area (TPSA) is 68.8 Å². The van der Waals surface area contributed by atoms with Crippen LogP contribution in [-0.2, 0) is 0 Å². The molecular weight excluding hydrogens is 457 g/mol. The van der Waals surface area contributed by atoms with Crippen molar-refractivity contribution in [1.82, 2.24) is 24.0 Å². The summed E-state index contributed by atoms with van der Waals surface area (Å²) >= 11 is 0. The van der Waals surface area contributed by atoms with Crippen molar-refractivity contribution in [2.75, 3.05) is 12.4 Å². The van der Waals surface area contributed by atoms with Crippen molar-refractivity contribution >= 4 is 17.1 Å². The summed E-state index contributed by atoms with van der Waals surface area (Å²) in [5.41, 5.74) is 0.755. The first-order valence-corrected chi connectivity index (χ1v) is 11.6. The number of alkyl halides is 1. The molecule has 0 saturated heterocycles. The fraction of sp³-hybridized carbons (Fsp3) is 0.400. The summed E-state index contributed by atoms with van der Waals surface area (Å²) in [5.74, 6) is -0.189. The zero-order valence-electron chi connectivity index (χ0n) is 19.9. The molecule has 1 aliphatic carbocycles. The van der Waals surface area contributed by atoms with E-state index in [-0.39, 0.29) is 45.5 Å². The Morgan fingerprint density at radius 3 is 2.63 bits per heavy atom. The highest BCUT2D eigenvalue weighted by atomic mass is 19.1. The van der Waals surface area contributed by atoms with Crippen molar-refractivity contribution in [2.24, 2.45) is 5.92 Å². The Labute approximate surface area is 200 Å². The van der Waals surface area contributed by atoms with Crippen molar-refractivity contribution in [1.29, 1.82) is 0 Å². The second-order valence-electron chi connectivity index (χ2n) is 9.35. The molecule has 0 amide bonds. The number of halogens is 3. The number of hydrogen-bond donors (Lipinski definition) is 1. The quantitative estimate of drug-likeness (QED) is 0.345. The number of aromatic nitrogens is 5. The first-order chi connectivity index (χ1) is 16.8. The number of allylic oxidation sites excluding steroid dienone is 1. The van der Waals surface area contributed by atoms with Crippen LogP contribution < -0.4 is 10.1 Å². The van der Waals surface area contributed by atoms with Gasteiger partial charge in [-0.05, 0) is 50.2 Å². The fourth-order valence-electron chi connectivity index (χ4n) is 4.73. The van der Waals surface area contributed by atoms with Gasteiger partial charge in [0, 0.05) is 17.8 Å². The number of nitrogens with zero attached hydrogens (tertiary/aromatic N) is 5. The molecule has 1 atom stereocenters. The number of ether oxygens (including phenoxy) is 1. The molecule has 10 heteroatoms. The monoisotopic (exact) mass is 484 g/mol. The van der Waals surface area contributed by atoms with Crippen molar-refractivity contribution < 1.29 is 17.9 Å². The number of rotatable bonds is 6. The molecule has 184 valence electrons. The standard InChI is InChI=1S/C25H27F3N6O/c1-13(2)21(28)19-10-29-23-17(26)9-15(11-33(19)23)20-18(27)12-34-22(20)24(35-4)31-25(32-34)30-16-7-5-14(3)6-8-16/h9-12,14,16,21H,1,5-8H2,2-4H3,(H,30,32). The highest BCUT2D eigenvalue weighted by Crippen LogP contribution is 2.36. The molecule has 1 saturated carbocycles. The van der Waals surface area contributed by atoms with Crippen molar-refractivity contribution in [3.8, 4) is 17.0 Å². The lowest BCUT2D eigenvalue weighted by molar-refractivity contribution is 0.359. The molecule has 0 aromatic carbocycles. The van der Waals surface area contributed by atoms with Crippen LogP contribution in [0.2, 0.25) is 0 Å². The van der Waals surface area contributed by atoms with Gasteiger partial charge in [-0.3, -0.25) is 4.40 Å². The number of nitrogens with one attached hydrogen (secondary N) is 1. The van der Waals surface area contributed by atoms with E-state index in [0.717, 1.165) is 31.7 Å². The lowest BCUT2D eigenvalue weighted by Gasteiger charge is -2.26. The van der Waals surface area contributed by atoms with Gasteiger partial charge in [0.05, 0.1) is 30.8 Å². The SMILES string of the molecule is C=C(C)C(F)c1cnc2c(F)cc(-c3c(F)cn4nc(NC5CCC(C)CC5)nc(OC)c34)cn12. The van der Waals surface area contributed by atoms with E-state index in [0.29, 0.717) is 11.9 Å². The van der Waals surface area contributed by atoms with Gasteiger partial charge in [-0.15, -0.1) is 5.10 Å². The summed E-state index contributed by atoms with van der Waals surface area (Å²) in [5, 5.41) is 7.77. The summed E-state index contributed by atoms with van der Waals surface area (Å²) in [6.45, 7) is 7.41. The molecule has 0 bridgehead atoms. The van der Waals surface area contributed by atoms with Gasteiger partial charge in [-0.1, -0.05) is 13.5 Å². The van der Waals surface area contributed by atoms with E-state index in [1.54, 1.807) is 0 Å². The van der Waals surface area contributed by atoms with Crippen LogP contribution in [-0.4, -0.2) is 37.1 Å². The molecule has 7 nitrogen and oxygen atoms in total. The molecule has 4 aromatic rings. The molecular formula is C25H27F3N6O. The molecule has 4 heterocycles. The van der Waals surface area contributed by atoms with E-state index in [9.17, 15) is 8.78 Å². The second-order valence-corrected chi connectivity index (χ2v) is 9.35. The van der Waals surface area contributed by atoms with Crippen molar-refractivity contribution in [3.05, 3.63) is 54.1 Å².